The van der Waals surface area contributed by atoms with Gasteiger partial charge in [-0.2, -0.15) is 5.26 Å². The number of aromatic nitrogens is 1. The number of benzene rings is 3. The fourth-order valence-corrected chi connectivity index (χ4v) is 4.09. The first-order valence-corrected chi connectivity index (χ1v) is 12.1. The van der Waals surface area contributed by atoms with Gasteiger partial charge in [0.2, 0.25) is 0 Å². The number of nitrogens with one attached hydrogen (secondary N) is 1. The molecule has 1 heterocycles. The lowest BCUT2D eigenvalue weighted by atomic mass is 10.1. The second kappa shape index (κ2) is 11.9. The van der Waals surface area contributed by atoms with Crippen LogP contribution in [0.1, 0.15) is 28.1 Å². The number of rotatable bonds is 9. The van der Waals surface area contributed by atoms with Crippen LogP contribution in [0.4, 0.5) is 4.39 Å². The van der Waals surface area contributed by atoms with Crippen molar-refractivity contribution in [3.05, 3.63) is 118 Å². The van der Waals surface area contributed by atoms with Gasteiger partial charge in [0, 0.05) is 23.6 Å². The molecule has 0 radical (unpaired) electrons. The molecule has 4 aromatic rings. The van der Waals surface area contributed by atoms with Crippen molar-refractivity contribution < 1.29 is 18.7 Å². The molecule has 0 unspecified atom stereocenters. The van der Waals surface area contributed by atoms with E-state index >= 15 is 0 Å². The first-order valence-electron chi connectivity index (χ1n) is 12.1. The van der Waals surface area contributed by atoms with Gasteiger partial charge in [0.05, 0.1) is 7.11 Å². The summed E-state index contributed by atoms with van der Waals surface area (Å²) >= 11 is 0. The highest BCUT2D eigenvalue weighted by Gasteiger charge is 2.14. The summed E-state index contributed by atoms with van der Waals surface area (Å²) in [6.07, 6.45) is 1.61. The Labute approximate surface area is 221 Å². The van der Waals surface area contributed by atoms with Crippen LogP contribution in [-0.2, 0) is 17.9 Å². The van der Waals surface area contributed by atoms with E-state index in [0.29, 0.717) is 18.9 Å². The number of hydrogen-bond acceptors (Lipinski definition) is 4. The van der Waals surface area contributed by atoms with Crippen LogP contribution in [0.3, 0.4) is 0 Å². The number of carbonyl (C=O) groups is 1. The van der Waals surface area contributed by atoms with Gasteiger partial charge in [0.25, 0.3) is 5.91 Å². The van der Waals surface area contributed by atoms with Gasteiger partial charge >= 0.3 is 0 Å². The molecule has 0 saturated carbocycles. The number of halogens is 1. The summed E-state index contributed by atoms with van der Waals surface area (Å²) in [7, 11) is 1.60. The van der Waals surface area contributed by atoms with Gasteiger partial charge in [-0.05, 0) is 91.2 Å². The van der Waals surface area contributed by atoms with Crippen molar-refractivity contribution in [3.63, 3.8) is 0 Å². The zero-order valence-corrected chi connectivity index (χ0v) is 21.5. The molecule has 38 heavy (non-hydrogen) atoms. The van der Waals surface area contributed by atoms with Gasteiger partial charge in [-0.25, -0.2) is 4.39 Å². The maximum atomic E-state index is 13.1. The molecule has 4 rings (SSSR count). The molecule has 192 valence electrons. The summed E-state index contributed by atoms with van der Waals surface area (Å²) in [6, 6.07) is 25.2. The molecule has 0 fully saturated rings. The third kappa shape index (κ3) is 6.29. The van der Waals surface area contributed by atoms with Gasteiger partial charge in [0.15, 0.2) is 0 Å². The van der Waals surface area contributed by atoms with Crippen LogP contribution in [0.25, 0.3) is 11.8 Å². The number of methoxy groups -OCH3 is 1. The molecule has 1 N–H and O–H groups in total. The topological polar surface area (TPSA) is 76.3 Å². The van der Waals surface area contributed by atoms with Crippen molar-refractivity contribution in [1.82, 2.24) is 9.88 Å². The molecular weight excluding hydrogens is 481 g/mol. The second-order valence-electron chi connectivity index (χ2n) is 8.77. The first kappa shape index (κ1) is 26.2. The van der Waals surface area contributed by atoms with E-state index in [1.165, 1.54) is 12.1 Å². The molecule has 6 nitrogen and oxygen atoms in total. The molecule has 0 spiro atoms. The highest BCUT2D eigenvalue weighted by Crippen LogP contribution is 2.25. The summed E-state index contributed by atoms with van der Waals surface area (Å²) < 4.78 is 26.1. The molecule has 0 atom stereocenters. The molecule has 0 aliphatic heterocycles. The SMILES string of the molecule is COc1ccc(CNC(=O)/C(C#N)=C\c2cc(C)n(-c3ccc(OCc4ccc(F)cc4)cc3)c2C)cc1. The Morgan fingerprint density at radius 1 is 0.974 bits per heavy atom. The third-order valence-corrected chi connectivity index (χ3v) is 6.16. The van der Waals surface area contributed by atoms with Gasteiger partial charge < -0.3 is 19.4 Å². The van der Waals surface area contributed by atoms with Crippen molar-refractivity contribution in [2.45, 2.75) is 27.0 Å². The summed E-state index contributed by atoms with van der Waals surface area (Å²) in [5.74, 6) is 0.720. The number of hydrogen-bond donors (Lipinski definition) is 1. The van der Waals surface area contributed by atoms with E-state index in [1.54, 1.807) is 25.3 Å². The summed E-state index contributed by atoms with van der Waals surface area (Å²) in [4.78, 5) is 12.7. The standard InChI is InChI=1S/C31H28FN3O3/c1-21-16-25(17-26(18-33)31(36)34-19-23-6-12-29(37-3)13-7-23)22(2)35(21)28-10-14-30(15-11-28)38-20-24-4-8-27(32)9-5-24/h4-17H,19-20H2,1-3H3,(H,34,36)/b26-17-. The predicted octanol–water partition coefficient (Wildman–Crippen LogP) is 6.04. The molecule has 0 bridgehead atoms. The van der Waals surface area contributed by atoms with Crippen molar-refractivity contribution in [2.24, 2.45) is 0 Å². The van der Waals surface area contributed by atoms with Crippen LogP contribution in [0.2, 0.25) is 0 Å². The Morgan fingerprint density at radius 3 is 2.24 bits per heavy atom. The third-order valence-electron chi connectivity index (χ3n) is 6.16. The maximum absolute atomic E-state index is 13.1. The molecule has 1 aromatic heterocycles. The predicted molar refractivity (Wildman–Crippen MR) is 144 cm³/mol. The van der Waals surface area contributed by atoms with E-state index in [0.717, 1.165) is 39.5 Å². The van der Waals surface area contributed by atoms with Crippen LogP contribution in [0.5, 0.6) is 11.5 Å². The Balaban J connectivity index is 1.45. The molecule has 1 amide bonds. The monoisotopic (exact) mass is 509 g/mol. The largest absolute Gasteiger partial charge is 0.497 e. The highest BCUT2D eigenvalue weighted by atomic mass is 19.1. The number of carbonyl (C=O) groups excluding carboxylic acids is 1. The van der Waals surface area contributed by atoms with Crippen LogP contribution in [0, 0.1) is 31.0 Å². The van der Waals surface area contributed by atoms with Crippen LogP contribution >= 0.6 is 0 Å². The molecular formula is C31H28FN3O3. The van der Waals surface area contributed by atoms with E-state index in [2.05, 4.69) is 9.88 Å². The Morgan fingerprint density at radius 2 is 1.61 bits per heavy atom. The number of ether oxygens (including phenoxy) is 2. The Hall–Kier alpha value is -4.83. The quantitative estimate of drug-likeness (QED) is 0.220. The fourth-order valence-electron chi connectivity index (χ4n) is 4.09. The fraction of sp³-hybridized carbons (Fsp3) is 0.161. The summed E-state index contributed by atoms with van der Waals surface area (Å²) in [5.41, 5.74) is 5.39. The molecule has 0 aliphatic carbocycles. The van der Waals surface area contributed by atoms with Gasteiger partial charge in [-0.15, -0.1) is 0 Å². The average molecular weight is 510 g/mol. The number of nitriles is 1. The van der Waals surface area contributed by atoms with Gasteiger partial charge in [-0.1, -0.05) is 24.3 Å². The lowest BCUT2D eigenvalue weighted by Gasteiger charge is -2.12. The molecule has 3 aromatic carbocycles. The van der Waals surface area contributed by atoms with Crippen LogP contribution in [-0.4, -0.2) is 17.6 Å². The lowest BCUT2D eigenvalue weighted by Crippen LogP contribution is -2.23. The van der Waals surface area contributed by atoms with Crippen molar-refractivity contribution >= 4 is 12.0 Å². The van der Waals surface area contributed by atoms with E-state index in [4.69, 9.17) is 9.47 Å². The summed E-state index contributed by atoms with van der Waals surface area (Å²) in [6.45, 7) is 4.56. The average Bonchev–Trinajstić information content (AvgIpc) is 3.22. The number of amides is 1. The summed E-state index contributed by atoms with van der Waals surface area (Å²) in [5, 5.41) is 12.5. The normalized spacial score (nSPS) is 11.1. The first-order chi connectivity index (χ1) is 18.4. The number of aryl methyl sites for hydroxylation is 1. The second-order valence-corrected chi connectivity index (χ2v) is 8.77. The Bertz CT molecular complexity index is 1480. The molecule has 0 aliphatic rings. The number of nitrogens with zero attached hydrogens (tertiary/aromatic N) is 2. The molecule has 7 heteroatoms. The zero-order chi connectivity index (χ0) is 27.1. The minimum absolute atomic E-state index is 0.0308. The van der Waals surface area contributed by atoms with E-state index in [1.807, 2.05) is 74.5 Å². The van der Waals surface area contributed by atoms with Crippen LogP contribution in [0.15, 0.2) is 84.4 Å². The highest BCUT2D eigenvalue weighted by molar-refractivity contribution is 6.01. The van der Waals surface area contributed by atoms with Gasteiger partial charge in [0.1, 0.15) is 35.6 Å². The van der Waals surface area contributed by atoms with E-state index in [9.17, 15) is 14.4 Å². The smallest absolute Gasteiger partial charge is 0.262 e. The Kier molecular flexibility index (Phi) is 8.24. The molecule has 0 saturated heterocycles. The van der Waals surface area contributed by atoms with Crippen molar-refractivity contribution in [2.75, 3.05) is 7.11 Å². The van der Waals surface area contributed by atoms with Crippen molar-refractivity contribution in [3.8, 4) is 23.3 Å². The minimum atomic E-state index is -0.434. The van der Waals surface area contributed by atoms with E-state index < -0.39 is 5.91 Å². The zero-order valence-electron chi connectivity index (χ0n) is 21.5. The lowest BCUT2D eigenvalue weighted by molar-refractivity contribution is -0.117. The maximum Gasteiger partial charge on any atom is 0.262 e. The minimum Gasteiger partial charge on any atom is -0.497 e. The van der Waals surface area contributed by atoms with E-state index in [-0.39, 0.29) is 11.4 Å². The van der Waals surface area contributed by atoms with Crippen molar-refractivity contribution in [1.29, 1.82) is 5.26 Å². The van der Waals surface area contributed by atoms with Gasteiger partial charge in [-0.3, -0.25) is 4.79 Å². The van der Waals surface area contributed by atoms with Crippen LogP contribution < -0.4 is 14.8 Å².